The van der Waals surface area contributed by atoms with Crippen molar-refractivity contribution in [3.05, 3.63) is 71.4 Å². The second-order valence-corrected chi connectivity index (χ2v) is 7.80. The van der Waals surface area contributed by atoms with Gasteiger partial charge in [0.2, 0.25) is 5.78 Å². The second-order valence-electron chi connectivity index (χ2n) is 7.80. The Morgan fingerprint density at radius 2 is 1.56 bits per heavy atom. The normalized spacial score (nSPS) is 20.1. The molecule has 2 aromatic carbocycles. The number of fused-ring (bicyclic) bond motifs is 1. The van der Waals surface area contributed by atoms with Gasteiger partial charge >= 0.3 is 0 Å². The average Bonchev–Trinajstić information content (AvgIpc) is 2.95. The SMILES string of the molecule is Cc1c(C(=O)C[NH+]2CC[NH+](Cc3ccccc3)CC2)c2ccccc2n1C. The van der Waals surface area contributed by atoms with Crippen molar-refractivity contribution in [1.29, 1.82) is 0 Å². The Labute approximate surface area is 161 Å². The van der Waals surface area contributed by atoms with Gasteiger partial charge in [0.25, 0.3) is 0 Å². The van der Waals surface area contributed by atoms with Crippen molar-refractivity contribution in [2.45, 2.75) is 13.5 Å². The summed E-state index contributed by atoms with van der Waals surface area (Å²) in [4.78, 5) is 16.1. The first-order valence-corrected chi connectivity index (χ1v) is 9.92. The van der Waals surface area contributed by atoms with E-state index in [9.17, 15) is 4.79 Å². The number of ketones is 1. The molecule has 4 rings (SSSR count). The van der Waals surface area contributed by atoms with E-state index in [0.29, 0.717) is 6.54 Å². The highest BCUT2D eigenvalue weighted by molar-refractivity contribution is 6.09. The Morgan fingerprint density at radius 3 is 2.30 bits per heavy atom. The minimum absolute atomic E-state index is 0.283. The Hall–Kier alpha value is -2.43. The van der Waals surface area contributed by atoms with E-state index in [4.69, 9.17) is 0 Å². The van der Waals surface area contributed by atoms with Crippen LogP contribution in [0.2, 0.25) is 0 Å². The zero-order chi connectivity index (χ0) is 18.8. The molecule has 0 bridgehead atoms. The fourth-order valence-corrected chi connectivity index (χ4v) is 4.38. The molecule has 0 radical (unpaired) electrons. The predicted octanol–water partition coefficient (Wildman–Crippen LogP) is 0.653. The summed E-state index contributed by atoms with van der Waals surface area (Å²) < 4.78 is 2.14. The van der Waals surface area contributed by atoms with Crippen LogP contribution in [0.5, 0.6) is 0 Å². The predicted molar refractivity (Wildman–Crippen MR) is 108 cm³/mol. The van der Waals surface area contributed by atoms with Gasteiger partial charge in [-0.25, -0.2) is 0 Å². The number of carbonyl (C=O) groups is 1. The molecular formula is C23H29N3O+2. The van der Waals surface area contributed by atoms with Crippen molar-refractivity contribution in [1.82, 2.24) is 4.57 Å². The number of para-hydroxylation sites is 1. The molecule has 3 aromatic rings. The number of hydrogen-bond donors (Lipinski definition) is 2. The van der Waals surface area contributed by atoms with E-state index in [-0.39, 0.29) is 5.78 Å². The molecule has 1 fully saturated rings. The molecular weight excluding hydrogens is 334 g/mol. The Balaban J connectivity index is 1.40. The molecule has 0 unspecified atom stereocenters. The van der Waals surface area contributed by atoms with Crippen molar-refractivity contribution >= 4 is 16.7 Å². The summed E-state index contributed by atoms with van der Waals surface area (Å²) in [6.07, 6.45) is 0. The summed E-state index contributed by atoms with van der Waals surface area (Å²) in [6.45, 7) is 8.15. The zero-order valence-electron chi connectivity index (χ0n) is 16.3. The number of quaternary nitrogens is 2. The van der Waals surface area contributed by atoms with Gasteiger partial charge in [0.05, 0.1) is 5.56 Å². The van der Waals surface area contributed by atoms with Crippen LogP contribution in [0.3, 0.4) is 0 Å². The van der Waals surface area contributed by atoms with Crippen molar-refractivity contribution in [2.24, 2.45) is 7.05 Å². The van der Waals surface area contributed by atoms with Gasteiger partial charge in [-0.2, -0.15) is 0 Å². The first kappa shape index (κ1) is 18.0. The van der Waals surface area contributed by atoms with E-state index in [2.05, 4.69) is 54.0 Å². The van der Waals surface area contributed by atoms with Crippen LogP contribution in [0.1, 0.15) is 21.6 Å². The van der Waals surface area contributed by atoms with E-state index in [1.807, 2.05) is 19.2 Å². The molecule has 0 atom stereocenters. The number of aromatic nitrogens is 1. The van der Waals surface area contributed by atoms with Gasteiger partial charge in [0.1, 0.15) is 39.3 Å². The van der Waals surface area contributed by atoms with E-state index in [0.717, 1.165) is 54.9 Å². The summed E-state index contributed by atoms with van der Waals surface area (Å²) >= 11 is 0. The van der Waals surface area contributed by atoms with Crippen LogP contribution in [0.25, 0.3) is 10.9 Å². The number of aryl methyl sites for hydroxylation is 1. The second kappa shape index (κ2) is 7.67. The fraction of sp³-hybridized carbons (Fsp3) is 0.348. The number of piperazine rings is 1. The highest BCUT2D eigenvalue weighted by atomic mass is 16.1. The summed E-state index contributed by atoms with van der Waals surface area (Å²) in [6, 6.07) is 18.9. The molecule has 1 aliphatic heterocycles. The third kappa shape index (κ3) is 3.68. The zero-order valence-corrected chi connectivity index (χ0v) is 16.3. The molecule has 0 amide bonds. The third-order valence-electron chi connectivity index (χ3n) is 6.05. The monoisotopic (exact) mass is 363 g/mol. The van der Waals surface area contributed by atoms with Crippen LogP contribution < -0.4 is 9.80 Å². The molecule has 2 heterocycles. The maximum Gasteiger partial charge on any atom is 0.219 e. The molecule has 0 saturated carbocycles. The topological polar surface area (TPSA) is 30.9 Å². The highest BCUT2D eigenvalue weighted by Gasteiger charge is 2.27. The molecule has 0 aliphatic carbocycles. The lowest BCUT2D eigenvalue weighted by atomic mass is 10.1. The van der Waals surface area contributed by atoms with Crippen LogP contribution >= 0.6 is 0 Å². The molecule has 4 heteroatoms. The smallest absolute Gasteiger partial charge is 0.219 e. The van der Waals surface area contributed by atoms with Crippen molar-refractivity contribution in [3.8, 4) is 0 Å². The van der Waals surface area contributed by atoms with Gasteiger partial charge in [-0.1, -0.05) is 48.5 Å². The largest absolute Gasteiger partial charge is 0.347 e. The van der Waals surface area contributed by atoms with Gasteiger partial charge in [-0.3, -0.25) is 4.79 Å². The van der Waals surface area contributed by atoms with Crippen molar-refractivity contribution < 1.29 is 14.6 Å². The minimum atomic E-state index is 0.283. The molecule has 27 heavy (non-hydrogen) atoms. The lowest BCUT2D eigenvalue weighted by Crippen LogP contribution is -3.27. The Kier molecular flexibility index (Phi) is 5.10. The number of rotatable bonds is 5. The first-order valence-electron chi connectivity index (χ1n) is 9.92. The van der Waals surface area contributed by atoms with Crippen molar-refractivity contribution in [3.63, 3.8) is 0 Å². The summed E-state index contributed by atoms with van der Waals surface area (Å²) in [5, 5.41) is 1.09. The maximum atomic E-state index is 13.1. The van der Waals surface area contributed by atoms with Crippen molar-refractivity contribution in [2.75, 3.05) is 32.7 Å². The third-order valence-corrected chi connectivity index (χ3v) is 6.05. The minimum Gasteiger partial charge on any atom is -0.347 e. The number of nitrogens with one attached hydrogen (secondary N) is 2. The molecule has 2 N–H and O–H groups in total. The van der Waals surface area contributed by atoms with Crippen LogP contribution in [-0.4, -0.2) is 43.1 Å². The van der Waals surface area contributed by atoms with Gasteiger partial charge < -0.3 is 14.4 Å². The standard InChI is InChI=1S/C23H27N3O/c1-18-23(20-10-6-7-11-21(20)24(18)2)22(27)17-26-14-12-25(13-15-26)16-19-8-4-3-5-9-19/h3-11H,12-17H2,1-2H3/p+2. The highest BCUT2D eigenvalue weighted by Crippen LogP contribution is 2.24. The van der Waals surface area contributed by atoms with Gasteiger partial charge in [0, 0.05) is 29.2 Å². The van der Waals surface area contributed by atoms with Crippen LogP contribution in [0.4, 0.5) is 0 Å². The number of Topliss-reactive ketones (excluding diaryl/α,β-unsaturated/α-hetero) is 1. The van der Waals surface area contributed by atoms with Gasteiger partial charge in [-0.15, -0.1) is 0 Å². The van der Waals surface area contributed by atoms with Gasteiger partial charge in [-0.05, 0) is 13.0 Å². The molecule has 0 spiro atoms. The van der Waals surface area contributed by atoms with Gasteiger partial charge in [0.15, 0.2) is 0 Å². The summed E-state index contributed by atoms with van der Waals surface area (Å²) in [5.41, 5.74) is 4.54. The molecule has 140 valence electrons. The van der Waals surface area contributed by atoms with Crippen LogP contribution in [0, 0.1) is 6.92 Å². The first-order chi connectivity index (χ1) is 13.1. The molecule has 1 aliphatic rings. The lowest BCUT2D eigenvalue weighted by molar-refractivity contribution is -1.01. The Morgan fingerprint density at radius 1 is 0.926 bits per heavy atom. The number of hydrogen-bond acceptors (Lipinski definition) is 1. The summed E-state index contributed by atoms with van der Waals surface area (Å²) in [5.74, 6) is 0.283. The number of carbonyl (C=O) groups excluding carboxylic acids is 1. The Bertz CT molecular complexity index is 937. The van der Waals surface area contributed by atoms with E-state index in [1.54, 1.807) is 4.90 Å². The lowest BCUT2D eigenvalue weighted by Gasteiger charge is -2.29. The number of benzene rings is 2. The quantitative estimate of drug-likeness (QED) is 0.641. The molecule has 1 saturated heterocycles. The number of nitrogens with zero attached hydrogens (tertiary/aromatic N) is 1. The molecule has 4 nitrogen and oxygen atoms in total. The summed E-state index contributed by atoms with van der Waals surface area (Å²) in [7, 11) is 2.05. The van der Waals surface area contributed by atoms with E-state index in [1.165, 1.54) is 10.5 Å². The van der Waals surface area contributed by atoms with Crippen LogP contribution in [-0.2, 0) is 13.6 Å². The molecule has 1 aromatic heterocycles. The average molecular weight is 364 g/mol. The fourth-order valence-electron chi connectivity index (χ4n) is 4.38. The van der Waals surface area contributed by atoms with Crippen LogP contribution in [0.15, 0.2) is 54.6 Å². The van der Waals surface area contributed by atoms with E-state index < -0.39 is 0 Å². The van der Waals surface area contributed by atoms with E-state index >= 15 is 0 Å². The maximum absolute atomic E-state index is 13.1.